The van der Waals surface area contributed by atoms with E-state index in [1.165, 1.54) is 17.7 Å². The molecule has 0 radical (unpaired) electrons. The molecule has 0 aliphatic heterocycles. The second-order valence-electron chi connectivity index (χ2n) is 5.35. The van der Waals surface area contributed by atoms with Crippen molar-refractivity contribution in [3.05, 3.63) is 28.2 Å². The topological polar surface area (TPSA) is 29.3 Å². The number of benzene rings is 1. The van der Waals surface area contributed by atoms with E-state index in [2.05, 4.69) is 53.0 Å². The summed E-state index contributed by atoms with van der Waals surface area (Å²) in [7, 11) is 2.17. The number of hydrogen-bond acceptors (Lipinski definition) is 2. The molecule has 2 rings (SSSR count). The van der Waals surface area contributed by atoms with E-state index < -0.39 is 0 Å². The molecule has 1 aromatic carbocycles. The smallest absolute Gasteiger partial charge is 0.0412 e. The minimum absolute atomic E-state index is 0.0709. The van der Waals surface area contributed by atoms with Crippen molar-refractivity contribution in [2.45, 2.75) is 26.3 Å². The van der Waals surface area contributed by atoms with Crippen molar-refractivity contribution in [2.24, 2.45) is 17.6 Å². The predicted molar refractivity (Wildman–Crippen MR) is 77.3 cm³/mol. The third kappa shape index (κ3) is 3.02. The highest BCUT2D eigenvalue weighted by atomic mass is 79.9. The first kappa shape index (κ1) is 12.9. The van der Waals surface area contributed by atoms with E-state index in [0.29, 0.717) is 0 Å². The Hall–Kier alpha value is -0.540. The second-order valence-corrected chi connectivity index (χ2v) is 6.26. The van der Waals surface area contributed by atoms with Crippen molar-refractivity contribution in [3.8, 4) is 0 Å². The molecule has 2 N–H and O–H groups in total. The van der Waals surface area contributed by atoms with Crippen LogP contribution in [0.25, 0.3) is 0 Å². The lowest BCUT2D eigenvalue weighted by Gasteiger charge is -2.24. The lowest BCUT2D eigenvalue weighted by atomic mass is 10.1. The molecule has 0 bridgehead atoms. The Balaban J connectivity index is 2.18. The first-order valence-electron chi connectivity index (χ1n) is 6.25. The van der Waals surface area contributed by atoms with Gasteiger partial charge >= 0.3 is 0 Å². The molecule has 17 heavy (non-hydrogen) atoms. The molecule has 3 heteroatoms. The van der Waals surface area contributed by atoms with E-state index in [1.54, 1.807) is 0 Å². The number of nitrogens with zero attached hydrogens (tertiary/aromatic N) is 1. The van der Waals surface area contributed by atoms with Gasteiger partial charge < -0.3 is 10.6 Å². The van der Waals surface area contributed by atoms with E-state index in [9.17, 15) is 0 Å². The minimum Gasteiger partial charge on any atom is -0.374 e. The van der Waals surface area contributed by atoms with Gasteiger partial charge in [-0.05, 0) is 48.9 Å². The van der Waals surface area contributed by atoms with E-state index in [1.807, 2.05) is 6.92 Å². The maximum atomic E-state index is 6.05. The molecule has 1 saturated carbocycles. The van der Waals surface area contributed by atoms with Gasteiger partial charge in [0, 0.05) is 29.8 Å². The fraction of sp³-hybridized carbons (Fsp3) is 0.571. The van der Waals surface area contributed by atoms with Crippen LogP contribution in [0.5, 0.6) is 0 Å². The Bertz CT molecular complexity index is 403. The van der Waals surface area contributed by atoms with Gasteiger partial charge in [-0.2, -0.15) is 0 Å². The summed E-state index contributed by atoms with van der Waals surface area (Å²) in [6.45, 7) is 5.51. The minimum atomic E-state index is 0.0709. The highest BCUT2D eigenvalue weighted by Gasteiger charge is 2.33. The molecule has 1 aliphatic rings. The van der Waals surface area contributed by atoms with E-state index >= 15 is 0 Å². The van der Waals surface area contributed by atoms with Crippen LogP contribution in [0.2, 0.25) is 0 Å². The van der Waals surface area contributed by atoms with Gasteiger partial charge in [0.1, 0.15) is 0 Å². The zero-order chi connectivity index (χ0) is 12.6. The third-order valence-electron chi connectivity index (χ3n) is 3.68. The molecular weight excluding hydrogens is 276 g/mol. The number of halogens is 1. The highest BCUT2D eigenvalue weighted by Crippen LogP contribution is 2.39. The van der Waals surface area contributed by atoms with Crippen LogP contribution in [0, 0.1) is 11.8 Å². The lowest BCUT2D eigenvalue weighted by molar-refractivity contribution is 0.716. The van der Waals surface area contributed by atoms with Crippen LogP contribution in [0.1, 0.15) is 31.9 Å². The van der Waals surface area contributed by atoms with Gasteiger partial charge in [-0.3, -0.25) is 0 Å². The Kier molecular flexibility index (Phi) is 3.79. The average molecular weight is 297 g/mol. The molecule has 0 heterocycles. The molecule has 0 spiro atoms. The number of anilines is 1. The fourth-order valence-electron chi connectivity index (χ4n) is 2.34. The molecular formula is C14H21BrN2. The standard InChI is InChI=1S/C14H21BrN2/c1-9-6-11(9)8-17(3)14-5-4-12(15)7-13(14)10(2)16/h4-5,7,9-11H,6,8,16H2,1-3H3. The largest absolute Gasteiger partial charge is 0.374 e. The van der Waals surface area contributed by atoms with Crippen molar-refractivity contribution in [1.82, 2.24) is 0 Å². The zero-order valence-electron chi connectivity index (χ0n) is 10.8. The first-order chi connectivity index (χ1) is 7.99. The first-order valence-corrected chi connectivity index (χ1v) is 7.04. The quantitative estimate of drug-likeness (QED) is 0.920. The average Bonchev–Trinajstić information content (AvgIpc) is 2.93. The number of nitrogens with two attached hydrogens (primary N) is 1. The van der Waals surface area contributed by atoms with Crippen LogP contribution in [-0.2, 0) is 0 Å². The molecule has 2 nitrogen and oxygen atoms in total. The Morgan fingerprint density at radius 3 is 2.71 bits per heavy atom. The Morgan fingerprint density at radius 2 is 2.18 bits per heavy atom. The van der Waals surface area contributed by atoms with Crippen LogP contribution in [0.4, 0.5) is 5.69 Å². The zero-order valence-corrected chi connectivity index (χ0v) is 12.4. The SMILES string of the molecule is CC(N)c1cc(Br)ccc1N(C)CC1CC1C. The van der Waals surface area contributed by atoms with Gasteiger partial charge in [0.15, 0.2) is 0 Å². The Labute approximate surface area is 112 Å². The van der Waals surface area contributed by atoms with Gasteiger partial charge in [-0.1, -0.05) is 22.9 Å². The van der Waals surface area contributed by atoms with Gasteiger partial charge in [0.2, 0.25) is 0 Å². The maximum absolute atomic E-state index is 6.05. The summed E-state index contributed by atoms with van der Waals surface area (Å²) in [5, 5.41) is 0. The molecule has 0 amide bonds. The van der Waals surface area contributed by atoms with Crippen molar-refractivity contribution in [3.63, 3.8) is 0 Å². The number of rotatable bonds is 4. The number of hydrogen-bond donors (Lipinski definition) is 1. The van der Waals surface area contributed by atoms with Crippen LogP contribution in [-0.4, -0.2) is 13.6 Å². The summed E-state index contributed by atoms with van der Waals surface area (Å²) in [5.41, 5.74) is 8.53. The monoisotopic (exact) mass is 296 g/mol. The van der Waals surface area contributed by atoms with Crippen LogP contribution in [0.15, 0.2) is 22.7 Å². The molecule has 1 aliphatic carbocycles. The van der Waals surface area contributed by atoms with Gasteiger partial charge in [0.05, 0.1) is 0 Å². The molecule has 0 aromatic heterocycles. The molecule has 1 fully saturated rings. The van der Waals surface area contributed by atoms with Crippen LogP contribution < -0.4 is 10.6 Å². The van der Waals surface area contributed by atoms with Gasteiger partial charge in [-0.15, -0.1) is 0 Å². The van der Waals surface area contributed by atoms with Gasteiger partial charge in [0.25, 0.3) is 0 Å². The van der Waals surface area contributed by atoms with E-state index in [4.69, 9.17) is 5.73 Å². The van der Waals surface area contributed by atoms with E-state index in [-0.39, 0.29) is 6.04 Å². The maximum Gasteiger partial charge on any atom is 0.0412 e. The van der Waals surface area contributed by atoms with E-state index in [0.717, 1.165) is 22.9 Å². The summed E-state index contributed by atoms with van der Waals surface area (Å²) in [4.78, 5) is 2.35. The van der Waals surface area contributed by atoms with Crippen molar-refractivity contribution in [1.29, 1.82) is 0 Å². The van der Waals surface area contributed by atoms with Crippen molar-refractivity contribution in [2.75, 3.05) is 18.5 Å². The van der Waals surface area contributed by atoms with Gasteiger partial charge in [-0.25, -0.2) is 0 Å². The van der Waals surface area contributed by atoms with Crippen LogP contribution in [0.3, 0.4) is 0 Å². The summed E-state index contributed by atoms with van der Waals surface area (Å²) in [6.07, 6.45) is 1.37. The molecule has 94 valence electrons. The fourth-order valence-corrected chi connectivity index (χ4v) is 2.72. The molecule has 3 unspecified atom stereocenters. The normalized spacial score (nSPS) is 24.5. The summed E-state index contributed by atoms with van der Waals surface area (Å²) < 4.78 is 1.10. The summed E-state index contributed by atoms with van der Waals surface area (Å²) in [6, 6.07) is 6.46. The van der Waals surface area contributed by atoms with Crippen molar-refractivity contribution < 1.29 is 0 Å². The third-order valence-corrected chi connectivity index (χ3v) is 4.17. The Morgan fingerprint density at radius 1 is 1.53 bits per heavy atom. The summed E-state index contributed by atoms with van der Waals surface area (Å²) in [5.74, 6) is 1.76. The predicted octanol–water partition coefficient (Wildman–Crippen LogP) is 3.56. The highest BCUT2D eigenvalue weighted by molar-refractivity contribution is 9.10. The lowest BCUT2D eigenvalue weighted by Crippen LogP contribution is -2.23. The molecule has 0 saturated heterocycles. The van der Waals surface area contributed by atoms with Crippen LogP contribution >= 0.6 is 15.9 Å². The molecule has 1 aromatic rings. The summed E-state index contributed by atoms with van der Waals surface area (Å²) >= 11 is 3.51. The second kappa shape index (κ2) is 4.99. The van der Waals surface area contributed by atoms with Crippen molar-refractivity contribution >= 4 is 21.6 Å². The molecule has 3 atom stereocenters.